The Bertz CT molecular complexity index is 471. The van der Waals surface area contributed by atoms with Gasteiger partial charge in [-0.15, -0.1) is 0 Å². The topological polar surface area (TPSA) is 15.8 Å². The van der Waals surface area contributed by atoms with E-state index in [4.69, 9.17) is 0 Å². The summed E-state index contributed by atoms with van der Waals surface area (Å²) in [5, 5.41) is 1.04. The van der Waals surface area contributed by atoms with E-state index in [9.17, 15) is 4.39 Å². The van der Waals surface area contributed by atoms with Crippen LogP contribution in [0.4, 0.5) is 4.39 Å². The highest BCUT2D eigenvalue weighted by molar-refractivity contribution is 5.84. The highest BCUT2D eigenvalue weighted by Crippen LogP contribution is 2.24. The molecule has 1 aromatic heterocycles. The van der Waals surface area contributed by atoms with Crippen LogP contribution < -0.4 is 0 Å². The van der Waals surface area contributed by atoms with Crippen LogP contribution in [0.5, 0.6) is 0 Å². The van der Waals surface area contributed by atoms with E-state index < -0.39 is 0 Å². The molecular weight excluding hydrogens is 189 g/mol. The smallest absolute Gasteiger partial charge is 0.123 e. The van der Waals surface area contributed by atoms with Crippen LogP contribution in [0.1, 0.15) is 31.5 Å². The molecule has 2 heteroatoms. The molecule has 0 spiro atoms. The quantitative estimate of drug-likeness (QED) is 0.784. The fraction of sp³-hybridized carbons (Fsp3) is 0.385. The van der Waals surface area contributed by atoms with Gasteiger partial charge in [-0.05, 0) is 36.6 Å². The Balaban J connectivity index is 2.63. The summed E-state index contributed by atoms with van der Waals surface area (Å²) in [6, 6.07) is 4.96. The minimum absolute atomic E-state index is 0.153. The zero-order valence-electron chi connectivity index (χ0n) is 9.23. The highest BCUT2D eigenvalue weighted by atomic mass is 19.1. The third-order valence-corrected chi connectivity index (χ3v) is 2.81. The molecule has 1 nitrogen and oxygen atoms in total. The summed E-state index contributed by atoms with van der Waals surface area (Å²) in [5.41, 5.74) is 3.59. The molecule has 0 bridgehead atoms. The number of benzene rings is 1. The van der Waals surface area contributed by atoms with Crippen LogP contribution in [-0.4, -0.2) is 4.98 Å². The van der Waals surface area contributed by atoms with Gasteiger partial charge in [-0.3, -0.25) is 0 Å². The number of nitrogens with one attached hydrogen (secondary N) is 1. The first-order valence-corrected chi connectivity index (χ1v) is 5.55. The van der Waals surface area contributed by atoms with Crippen molar-refractivity contribution in [2.45, 2.75) is 33.1 Å². The first-order chi connectivity index (χ1) is 7.26. The molecule has 1 heterocycles. The van der Waals surface area contributed by atoms with Gasteiger partial charge in [0.1, 0.15) is 5.82 Å². The summed E-state index contributed by atoms with van der Waals surface area (Å²) < 4.78 is 13.1. The second-order valence-corrected chi connectivity index (χ2v) is 3.88. The van der Waals surface area contributed by atoms with E-state index >= 15 is 0 Å². The molecule has 80 valence electrons. The van der Waals surface area contributed by atoms with Gasteiger partial charge in [0.2, 0.25) is 0 Å². The van der Waals surface area contributed by atoms with E-state index in [1.165, 1.54) is 17.3 Å². The number of hydrogen-bond donors (Lipinski definition) is 1. The van der Waals surface area contributed by atoms with Gasteiger partial charge in [0, 0.05) is 16.6 Å². The molecule has 2 rings (SSSR count). The Kier molecular flexibility index (Phi) is 2.76. The lowest BCUT2D eigenvalue weighted by molar-refractivity contribution is 0.629. The zero-order valence-corrected chi connectivity index (χ0v) is 9.23. The second kappa shape index (κ2) is 4.05. The Morgan fingerprint density at radius 1 is 1.27 bits per heavy atom. The Morgan fingerprint density at radius 3 is 2.73 bits per heavy atom. The lowest BCUT2D eigenvalue weighted by Crippen LogP contribution is -1.89. The van der Waals surface area contributed by atoms with Crippen molar-refractivity contribution < 1.29 is 4.39 Å². The van der Waals surface area contributed by atoms with Crippen LogP contribution in [0.25, 0.3) is 10.9 Å². The average Bonchev–Trinajstić information content (AvgIpc) is 2.55. The van der Waals surface area contributed by atoms with Gasteiger partial charge in [-0.2, -0.15) is 0 Å². The van der Waals surface area contributed by atoms with Crippen molar-refractivity contribution in [2.75, 3.05) is 0 Å². The van der Waals surface area contributed by atoms with E-state index in [-0.39, 0.29) is 5.82 Å². The van der Waals surface area contributed by atoms with Gasteiger partial charge < -0.3 is 4.98 Å². The van der Waals surface area contributed by atoms with Crippen molar-refractivity contribution in [3.05, 3.63) is 35.3 Å². The van der Waals surface area contributed by atoms with E-state index in [1.807, 2.05) is 6.07 Å². The lowest BCUT2D eigenvalue weighted by atomic mass is 10.1. The van der Waals surface area contributed by atoms with Crippen LogP contribution in [0.15, 0.2) is 18.2 Å². The van der Waals surface area contributed by atoms with Crippen molar-refractivity contribution >= 4 is 10.9 Å². The van der Waals surface area contributed by atoms with Gasteiger partial charge in [-0.1, -0.05) is 20.3 Å². The van der Waals surface area contributed by atoms with Crippen LogP contribution >= 0.6 is 0 Å². The largest absolute Gasteiger partial charge is 0.358 e. The standard InChI is InChI=1S/C13H16FN/c1-3-5-12-10(4-2)11-8-9(14)6-7-13(11)15-12/h6-8,15H,3-5H2,1-2H3. The number of aromatic nitrogens is 1. The maximum absolute atomic E-state index is 13.1. The fourth-order valence-electron chi connectivity index (χ4n) is 2.14. The monoisotopic (exact) mass is 205 g/mol. The number of aryl methyl sites for hydroxylation is 2. The lowest BCUT2D eigenvalue weighted by Gasteiger charge is -1.99. The van der Waals surface area contributed by atoms with Gasteiger partial charge in [0.15, 0.2) is 0 Å². The molecule has 0 aliphatic heterocycles. The first-order valence-electron chi connectivity index (χ1n) is 5.55. The average molecular weight is 205 g/mol. The number of halogens is 1. The zero-order chi connectivity index (χ0) is 10.8. The molecule has 0 radical (unpaired) electrons. The molecule has 15 heavy (non-hydrogen) atoms. The molecule has 0 unspecified atom stereocenters. The number of hydrogen-bond acceptors (Lipinski definition) is 0. The molecule has 0 atom stereocenters. The molecular formula is C13H16FN. The summed E-state index contributed by atoms with van der Waals surface area (Å²) in [6.07, 6.45) is 3.11. The van der Waals surface area contributed by atoms with Crippen LogP contribution in [0.3, 0.4) is 0 Å². The summed E-state index contributed by atoms with van der Waals surface area (Å²) in [7, 11) is 0. The predicted octanol–water partition coefficient (Wildman–Crippen LogP) is 3.82. The van der Waals surface area contributed by atoms with Gasteiger partial charge in [0.05, 0.1) is 0 Å². The second-order valence-electron chi connectivity index (χ2n) is 3.88. The predicted molar refractivity (Wildman–Crippen MR) is 61.6 cm³/mol. The molecule has 0 aliphatic rings. The van der Waals surface area contributed by atoms with Crippen molar-refractivity contribution in [3.63, 3.8) is 0 Å². The normalized spacial score (nSPS) is 11.1. The van der Waals surface area contributed by atoms with Gasteiger partial charge in [0.25, 0.3) is 0 Å². The van der Waals surface area contributed by atoms with E-state index in [1.54, 1.807) is 6.07 Å². The molecule has 1 aromatic carbocycles. The molecule has 0 fully saturated rings. The minimum Gasteiger partial charge on any atom is -0.358 e. The Hall–Kier alpha value is -1.31. The maximum atomic E-state index is 13.1. The number of fused-ring (bicyclic) bond motifs is 1. The van der Waals surface area contributed by atoms with Crippen LogP contribution in [0, 0.1) is 5.82 Å². The molecule has 0 saturated carbocycles. The van der Waals surface area contributed by atoms with Crippen LogP contribution in [0.2, 0.25) is 0 Å². The SMILES string of the molecule is CCCc1[nH]c2ccc(F)cc2c1CC. The number of H-pyrrole nitrogens is 1. The third kappa shape index (κ3) is 1.76. The Labute approximate surface area is 89.3 Å². The fourth-order valence-corrected chi connectivity index (χ4v) is 2.14. The first kappa shape index (κ1) is 10.2. The van der Waals surface area contributed by atoms with Crippen LogP contribution in [-0.2, 0) is 12.8 Å². The molecule has 0 aliphatic carbocycles. The van der Waals surface area contributed by atoms with E-state index in [0.717, 1.165) is 30.2 Å². The van der Waals surface area contributed by atoms with E-state index in [0.29, 0.717) is 0 Å². The van der Waals surface area contributed by atoms with Gasteiger partial charge in [-0.25, -0.2) is 4.39 Å². The van der Waals surface area contributed by atoms with Crippen molar-refractivity contribution in [1.29, 1.82) is 0 Å². The number of rotatable bonds is 3. The Morgan fingerprint density at radius 2 is 2.07 bits per heavy atom. The maximum Gasteiger partial charge on any atom is 0.123 e. The van der Waals surface area contributed by atoms with Crippen molar-refractivity contribution in [1.82, 2.24) is 4.98 Å². The summed E-state index contributed by atoms with van der Waals surface area (Å²) in [5.74, 6) is -0.153. The molecule has 0 saturated heterocycles. The molecule has 2 aromatic rings. The summed E-state index contributed by atoms with van der Waals surface area (Å²) in [6.45, 7) is 4.28. The summed E-state index contributed by atoms with van der Waals surface area (Å²) >= 11 is 0. The van der Waals surface area contributed by atoms with Crippen molar-refractivity contribution in [2.24, 2.45) is 0 Å². The summed E-state index contributed by atoms with van der Waals surface area (Å²) in [4.78, 5) is 3.38. The number of aromatic amines is 1. The highest BCUT2D eigenvalue weighted by Gasteiger charge is 2.09. The minimum atomic E-state index is -0.153. The molecule has 0 amide bonds. The molecule has 1 N–H and O–H groups in total. The third-order valence-electron chi connectivity index (χ3n) is 2.81. The van der Waals surface area contributed by atoms with Gasteiger partial charge >= 0.3 is 0 Å². The van der Waals surface area contributed by atoms with Crippen molar-refractivity contribution in [3.8, 4) is 0 Å². The van der Waals surface area contributed by atoms with E-state index in [2.05, 4.69) is 18.8 Å².